The molecule has 0 fully saturated rings. The van der Waals surface area contributed by atoms with Crippen molar-refractivity contribution in [1.82, 2.24) is 4.90 Å². The maximum absolute atomic E-state index is 12.0. The van der Waals surface area contributed by atoms with Gasteiger partial charge in [0.15, 0.2) is 0 Å². The molecular weight excluding hydrogens is 277 g/mol. The van der Waals surface area contributed by atoms with E-state index in [1.165, 1.54) is 4.90 Å². The number of hydrogen-bond donors (Lipinski definition) is 2. The Morgan fingerprint density at radius 3 is 2.43 bits per heavy atom. The van der Waals surface area contributed by atoms with Crippen LogP contribution in [0.2, 0.25) is 0 Å². The predicted octanol–water partition coefficient (Wildman–Crippen LogP) is 0.499. The molecule has 0 radical (unpaired) electrons. The SMILES string of the molecule is CCOC(=O)C1=C(B(O)O)CCN(C(=O)OC(C)(C)C)C1. The predicted molar refractivity (Wildman–Crippen MR) is 76.3 cm³/mol. The van der Waals surface area contributed by atoms with E-state index in [1.54, 1.807) is 27.7 Å². The molecule has 0 aromatic heterocycles. The van der Waals surface area contributed by atoms with Gasteiger partial charge >= 0.3 is 19.2 Å². The standard InChI is InChI=1S/C13H22BNO6/c1-5-20-11(16)9-8-15(7-6-10(9)14(18)19)12(17)21-13(2,3)4/h18-19H,5-8H2,1-4H3. The van der Waals surface area contributed by atoms with E-state index in [1.807, 2.05) is 0 Å². The fourth-order valence-electron chi connectivity index (χ4n) is 1.96. The van der Waals surface area contributed by atoms with Crippen molar-refractivity contribution in [2.75, 3.05) is 19.7 Å². The number of amides is 1. The maximum atomic E-state index is 12.0. The van der Waals surface area contributed by atoms with Gasteiger partial charge < -0.3 is 24.4 Å². The molecular formula is C13H22BNO6. The molecule has 0 saturated heterocycles. The van der Waals surface area contributed by atoms with Crippen LogP contribution in [0, 0.1) is 0 Å². The highest BCUT2D eigenvalue weighted by Gasteiger charge is 2.33. The summed E-state index contributed by atoms with van der Waals surface area (Å²) < 4.78 is 10.1. The Morgan fingerprint density at radius 2 is 1.95 bits per heavy atom. The van der Waals surface area contributed by atoms with Crippen LogP contribution in [0.15, 0.2) is 11.0 Å². The third kappa shape index (κ3) is 5.06. The van der Waals surface area contributed by atoms with Crippen molar-refractivity contribution in [3.8, 4) is 0 Å². The van der Waals surface area contributed by atoms with E-state index >= 15 is 0 Å². The van der Waals surface area contributed by atoms with Gasteiger partial charge in [0, 0.05) is 6.54 Å². The zero-order chi connectivity index (χ0) is 16.2. The molecule has 0 bridgehead atoms. The molecule has 0 atom stereocenters. The van der Waals surface area contributed by atoms with Crippen LogP contribution in [-0.4, -0.2) is 59.4 Å². The largest absolute Gasteiger partial charge is 0.484 e. The molecule has 0 unspecified atom stereocenters. The van der Waals surface area contributed by atoms with Crippen LogP contribution in [0.4, 0.5) is 4.79 Å². The average molecular weight is 299 g/mol. The van der Waals surface area contributed by atoms with Gasteiger partial charge in [-0.05, 0) is 39.6 Å². The Hall–Kier alpha value is -1.54. The number of rotatable bonds is 3. The van der Waals surface area contributed by atoms with Crippen molar-refractivity contribution in [3.63, 3.8) is 0 Å². The molecule has 0 aromatic rings. The molecule has 0 aromatic carbocycles. The molecule has 7 nitrogen and oxygen atoms in total. The molecule has 0 saturated carbocycles. The lowest BCUT2D eigenvalue weighted by atomic mass is 9.72. The van der Waals surface area contributed by atoms with Crippen molar-refractivity contribution in [3.05, 3.63) is 11.0 Å². The highest BCUT2D eigenvalue weighted by Crippen LogP contribution is 2.22. The molecule has 2 N–H and O–H groups in total. The number of carbonyl (C=O) groups excluding carboxylic acids is 2. The molecule has 118 valence electrons. The summed E-state index contributed by atoms with van der Waals surface area (Å²) >= 11 is 0. The van der Waals surface area contributed by atoms with Crippen LogP contribution in [0.5, 0.6) is 0 Å². The summed E-state index contributed by atoms with van der Waals surface area (Å²) in [4.78, 5) is 25.3. The normalized spacial score (nSPS) is 15.8. The van der Waals surface area contributed by atoms with Crippen molar-refractivity contribution in [2.45, 2.75) is 39.7 Å². The smallest absolute Gasteiger partial charge is 0.463 e. The summed E-state index contributed by atoms with van der Waals surface area (Å²) in [5, 5.41) is 18.7. The highest BCUT2D eigenvalue weighted by atomic mass is 16.6. The molecule has 1 amide bonds. The first-order chi connectivity index (χ1) is 9.65. The van der Waals surface area contributed by atoms with Gasteiger partial charge in [-0.15, -0.1) is 0 Å². The summed E-state index contributed by atoms with van der Waals surface area (Å²) in [5.74, 6) is -0.645. The minimum atomic E-state index is -1.73. The third-order valence-electron chi connectivity index (χ3n) is 2.87. The van der Waals surface area contributed by atoms with E-state index in [-0.39, 0.29) is 37.2 Å². The first-order valence-electron chi connectivity index (χ1n) is 6.88. The molecule has 1 aliphatic rings. The van der Waals surface area contributed by atoms with E-state index in [0.29, 0.717) is 0 Å². The van der Waals surface area contributed by atoms with E-state index in [9.17, 15) is 19.6 Å². The Bertz CT molecular complexity index is 440. The van der Waals surface area contributed by atoms with Gasteiger partial charge in [0.2, 0.25) is 0 Å². The van der Waals surface area contributed by atoms with Gasteiger partial charge in [0.05, 0.1) is 18.7 Å². The molecule has 0 aliphatic carbocycles. The monoisotopic (exact) mass is 299 g/mol. The summed E-state index contributed by atoms with van der Waals surface area (Å²) in [5.41, 5.74) is -0.348. The molecule has 21 heavy (non-hydrogen) atoms. The van der Waals surface area contributed by atoms with Crippen molar-refractivity contribution in [1.29, 1.82) is 0 Å². The Morgan fingerprint density at radius 1 is 1.33 bits per heavy atom. The van der Waals surface area contributed by atoms with Gasteiger partial charge in [0.25, 0.3) is 0 Å². The highest BCUT2D eigenvalue weighted by molar-refractivity contribution is 6.51. The van der Waals surface area contributed by atoms with Gasteiger partial charge in [-0.2, -0.15) is 0 Å². The first-order valence-corrected chi connectivity index (χ1v) is 6.88. The van der Waals surface area contributed by atoms with E-state index in [2.05, 4.69) is 0 Å². The van der Waals surface area contributed by atoms with Crippen LogP contribution < -0.4 is 0 Å². The zero-order valence-electron chi connectivity index (χ0n) is 12.9. The molecule has 1 aliphatic heterocycles. The van der Waals surface area contributed by atoms with Crippen LogP contribution in [0.25, 0.3) is 0 Å². The summed E-state index contributed by atoms with van der Waals surface area (Å²) in [6.45, 7) is 7.27. The fraction of sp³-hybridized carbons (Fsp3) is 0.692. The molecule has 0 spiro atoms. The van der Waals surface area contributed by atoms with E-state index < -0.39 is 24.8 Å². The average Bonchev–Trinajstić information content (AvgIpc) is 2.36. The van der Waals surface area contributed by atoms with Crippen LogP contribution in [-0.2, 0) is 14.3 Å². The van der Waals surface area contributed by atoms with Gasteiger partial charge in [-0.3, -0.25) is 0 Å². The Kier molecular flexibility index (Phi) is 5.80. The van der Waals surface area contributed by atoms with Gasteiger partial charge in [0.1, 0.15) is 5.60 Å². The van der Waals surface area contributed by atoms with E-state index in [0.717, 1.165) is 0 Å². The quantitative estimate of drug-likeness (QED) is 0.582. The minimum Gasteiger partial charge on any atom is -0.463 e. The molecule has 1 heterocycles. The first kappa shape index (κ1) is 17.5. The molecule has 8 heteroatoms. The summed E-state index contributed by atoms with van der Waals surface area (Å²) in [6.07, 6.45) is -0.360. The van der Waals surface area contributed by atoms with E-state index in [4.69, 9.17) is 9.47 Å². The lowest BCUT2D eigenvalue weighted by Crippen LogP contribution is -2.44. The van der Waals surface area contributed by atoms with Crippen molar-refractivity contribution >= 4 is 19.2 Å². The second kappa shape index (κ2) is 6.95. The fourth-order valence-corrected chi connectivity index (χ4v) is 1.96. The minimum absolute atomic E-state index is 0.0549. The summed E-state index contributed by atoms with van der Waals surface area (Å²) in [6, 6.07) is 0. The number of carbonyl (C=O) groups is 2. The number of hydrogen-bond acceptors (Lipinski definition) is 6. The van der Waals surface area contributed by atoms with Gasteiger partial charge in [-0.25, -0.2) is 9.59 Å². The second-order valence-electron chi connectivity index (χ2n) is 5.75. The van der Waals surface area contributed by atoms with Crippen LogP contribution in [0.1, 0.15) is 34.1 Å². The topological polar surface area (TPSA) is 96.3 Å². The lowest BCUT2D eigenvalue weighted by Gasteiger charge is -2.31. The number of esters is 1. The number of ether oxygens (including phenoxy) is 2. The van der Waals surface area contributed by atoms with Crippen LogP contribution in [0.3, 0.4) is 0 Å². The Labute approximate surface area is 124 Å². The third-order valence-corrected chi connectivity index (χ3v) is 2.87. The maximum Gasteiger partial charge on any atom is 0.484 e. The lowest BCUT2D eigenvalue weighted by molar-refractivity contribution is -0.138. The van der Waals surface area contributed by atoms with Crippen LogP contribution >= 0.6 is 0 Å². The molecule has 1 rings (SSSR count). The zero-order valence-corrected chi connectivity index (χ0v) is 12.9. The van der Waals surface area contributed by atoms with Crippen molar-refractivity contribution in [2.24, 2.45) is 0 Å². The second-order valence-corrected chi connectivity index (χ2v) is 5.75. The summed E-state index contributed by atoms with van der Waals surface area (Å²) in [7, 11) is -1.73. The Balaban J connectivity index is 2.90. The van der Waals surface area contributed by atoms with Crippen molar-refractivity contribution < 1.29 is 29.1 Å². The number of nitrogens with zero attached hydrogens (tertiary/aromatic N) is 1. The van der Waals surface area contributed by atoms with Gasteiger partial charge in [-0.1, -0.05) is 0 Å².